The first-order valence-electron chi connectivity index (χ1n) is 10.0. The quantitative estimate of drug-likeness (QED) is 0.414. The Labute approximate surface area is 177 Å². The van der Waals surface area contributed by atoms with E-state index >= 15 is 0 Å². The van der Waals surface area contributed by atoms with E-state index in [1.165, 1.54) is 4.31 Å². The van der Waals surface area contributed by atoms with Crippen LogP contribution < -0.4 is 14.9 Å². The maximum absolute atomic E-state index is 12.8. The van der Waals surface area contributed by atoms with Gasteiger partial charge in [-0.2, -0.15) is 5.10 Å². The number of aliphatic hydroxyl groups is 1. The number of fused-ring (bicyclic) bond motifs is 1. The second-order valence-corrected chi connectivity index (χ2v) is 9.58. The minimum atomic E-state index is -3.44. The van der Waals surface area contributed by atoms with Crippen LogP contribution in [0.15, 0.2) is 41.7 Å². The molecule has 0 saturated carbocycles. The Balaban J connectivity index is 1.60. The van der Waals surface area contributed by atoms with Gasteiger partial charge in [-0.25, -0.2) is 13.4 Å². The number of sulfonamides is 1. The van der Waals surface area contributed by atoms with Crippen LogP contribution in [0.5, 0.6) is 0 Å². The van der Waals surface area contributed by atoms with Crippen LogP contribution in [0.25, 0.3) is 0 Å². The summed E-state index contributed by atoms with van der Waals surface area (Å²) in [6.07, 6.45) is 4.09. The van der Waals surface area contributed by atoms with Crippen molar-refractivity contribution in [3.8, 4) is 0 Å². The topological polar surface area (TPSA) is 112 Å². The third-order valence-corrected chi connectivity index (χ3v) is 6.82. The summed E-state index contributed by atoms with van der Waals surface area (Å²) >= 11 is 0. The van der Waals surface area contributed by atoms with Gasteiger partial charge >= 0.3 is 0 Å². The minimum absolute atomic E-state index is 0.0508. The molecule has 0 fully saturated rings. The van der Waals surface area contributed by atoms with Gasteiger partial charge in [0.25, 0.3) is 0 Å². The zero-order chi connectivity index (χ0) is 21.8. The summed E-state index contributed by atoms with van der Waals surface area (Å²) in [6.45, 7) is 5.01. The molecule has 0 radical (unpaired) electrons. The van der Waals surface area contributed by atoms with Gasteiger partial charge in [-0.1, -0.05) is 18.2 Å². The molecule has 0 aliphatic carbocycles. The molecule has 2 heterocycles. The number of aromatic nitrogens is 2. The number of nitrogens with one attached hydrogen (secondary N) is 2. The second kappa shape index (κ2) is 9.05. The molecule has 9 nitrogen and oxygen atoms in total. The van der Waals surface area contributed by atoms with Gasteiger partial charge in [-0.3, -0.25) is 8.99 Å². The highest BCUT2D eigenvalue weighted by atomic mass is 32.2. The standard InChI is InChI=1S/C20H30N6O3S/c1-4-21-19(23-15-20(2,27)17-13-24-25(3)14-17)22-10-12-30(28,29)26-11-9-16-7-5-6-8-18(16)26/h5-8,13-14,27H,4,9-12,15H2,1-3H3,(H2,21,22,23). The van der Waals surface area contributed by atoms with Crippen LogP contribution in [0.4, 0.5) is 5.69 Å². The minimum Gasteiger partial charge on any atom is -0.383 e. The Kier molecular flexibility index (Phi) is 6.67. The van der Waals surface area contributed by atoms with Crippen LogP contribution in [0.3, 0.4) is 0 Å². The average Bonchev–Trinajstić information content (AvgIpc) is 3.33. The van der Waals surface area contributed by atoms with Crippen LogP contribution in [-0.4, -0.2) is 61.2 Å². The largest absolute Gasteiger partial charge is 0.383 e. The number of guanidine groups is 1. The smallest absolute Gasteiger partial charge is 0.236 e. The Hall–Kier alpha value is -2.59. The predicted molar refractivity (Wildman–Crippen MR) is 118 cm³/mol. The molecule has 30 heavy (non-hydrogen) atoms. The first-order chi connectivity index (χ1) is 14.2. The SMILES string of the molecule is CCNC(=NCC(C)(O)c1cnn(C)c1)NCCS(=O)(=O)N1CCc2ccccc21. The Bertz CT molecular complexity index is 999. The number of rotatable bonds is 8. The van der Waals surface area contributed by atoms with Crippen molar-refractivity contribution in [3.63, 3.8) is 0 Å². The van der Waals surface area contributed by atoms with Gasteiger partial charge in [0.1, 0.15) is 5.60 Å². The maximum atomic E-state index is 12.8. The number of nitrogens with zero attached hydrogens (tertiary/aromatic N) is 4. The molecule has 0 spiro atoms. The molecule has 3 rings (SSSR count). The van der Waals surface area contributed by atoms with Crippen LogP contribution in [0.1, 0.15) is 25.0 Å². The molecule has 1 aromatic heterocycles. The van der Waals surface area contributed by atoms with Gasteiger partial charge < -0.3 is 15.7 Å². The highest BCUT2D eigenvalue weighted by Crippen LogP contribution is 2.29. The maximum Gasteiger partial charge on any atom is 0.236 e. The lowest BCUT2D eigenvalue weighted by atomic mass is 10.0. The summed E-state index contributed by atoms with van der Waals surface area (Å²) in [5.41, 5.74) is 1.31. The van der Waals surface area contributed by atoms with Crippen molar-refractivity contribution >= 4 is 21.7 Å². The van der Waals surface area contributed by atoms with Crippen molar-refractivity contribution in [2.24, 2.45) is 12.0 Å². The number of hydrogen-bond donors (Lipinski definition) is 3. The van der Waals surface area contributed by atoms with E-state index in [1.54, 1.807) is 31.0 Å². The van der Waals surface area contributed by atoms with Crippen LogP contribution >= 0.6 is 0 Å². The highest BCUT2D eigenvalue weighted by Gasteiger charge is 2.29. The van der Waals surface area contributed by atoms with Crippen molar-refractivity contribution in [3.05, 3.63) is 47.8 Å². The molecule has 0 bridgehead atoms. The fourth-order valence-electron chi connectivity index (χ4n) is 3.37. The fourth-order valence-corrected chi connectivity index (χ4v) is 4.80. The van der Waals surface area contributed by atoms with Crippen molar-refractivity contribution < 1.29 is 13.5 Å². The lowest BCUT2D eigenvalue weighted by Crippen LogP contribution is -2.42. The average molecular weight is 435 g/mol. The molecular formula is C20H30N6O3S. The molecule has 1 unspecified atom stereocenters. The van der Waals surface area contributed by atoms with Crippen molar-refractivity contribution in [1.29, 1.82) is 0 Å². The normalized spacial score (nSPS) is 16.3. The Morgan fingerprint density at radius 3 is 2.80 bits per heavy atom. The molecule has 164 valence electrons. The van der Waals surface area contributed by atoms with Gasteiger partial charge in [-0.15, -0.1) is 0 Å². The predicted octanol–water partition coefficient (Wildman–Crippen LogP) is 0.575. The molecule has 1 aliphatic rings. The summed E-state index contributed by atoms with van der Waals surface area (Å²) in [6, 6.07) is 7.59. The Morgan fingerprint density at radius 2 is 2.10 bits per heavy atom. The number of benzene rings is 1. The zero-order valence-electron chi connectivity index (χ0n) is 17.7. The number of aliphatic imine (C=N–C) groups is 1. The van der Waals surface area contributed by atoms with E-state index in [-0.39, 0.29) is 18.8 Å². The van der Waals surface area contributed by atoms with Gasteiger partial charge in [0, 0.05) is 38.4 Å². The first-order valence-corrected chi connectivity index (χ1v) is 11.7. The number of para-hydroxylation sites is 1. The van der Waals surface area contributed by atoms with Crippen molar-refractivity contribution in [2.45, 2.75) is 25.9 Å². The molecule has 1 aliphatic heterocycles. The van der Waals surface area contributed by atoms with E-state index in [9.17, 15) is 13.5 Å². The van der Waals surface area contributed by atoms with Crippen molar-refractivity contribution in [1.82, 2.24) is 20.4 Å². The van der Waals surface area contributed by atoms with E-state index in [4.69, 9.17) is 0 Å². The molecule has 3 N–H and O–H groups in total. The molecule has 10 heteroatoms. The molecule has 0 amide bonds. The molecule has 0 saturated heterocycles. The van der Waals surface area contributed by atoms with E-state index in [0.29, 0.717) is 24.6 Å². The molecular weight excluding hydrogens is 404 g/mol. The second-order valence-electron chi connectivity index (χ2n) is 7.57. The van der Waals surface area contributed by atoms with E-state index in [0.717, 1.165) is 17.7 Å². The lowest BCUT2D eigenvalue weighted by molar-refractivity contribution is 0.0672. The summed E-state index contributed by atoms with van der Waals surface area (Å²) < 4.78 is 28.7. The van der Waals surface area contributed by atoms with E-state index < -0.39 is 15.6 Å². The van der Waals surface area contributed by atoms with Crippen LogP contribution in [0.2, 0.25) is 0 Å². The van der Waals surface area contributed by atoms with Crippen LogP contribution in [-0.2, 0) is 29.1 Å². The van der Waals surface area contributed by atoms with Gasteiger partial charge in [-0.05, 0) is 31.9 Å². The molecule has 2 aromatic rings. The summed E-state index contributed by atoms with van der Waals surface area (Å²) in [5.74, 6) is 0.406. The monoisotopic (exact) mass is 434 g/mol. The third kappa shape index (κ3) is 5.11. The van der Waals surface area contributed by atoms with Crippen LogP contribution in [0, 0.1) is 0 Å². The van der Waals surface area contributed by atoms with Gasteiger partial charge in [0.2, 0.25) is 10.0 Å². The summed E-state index contributed by atoms with van der Waals surface area (Å²) in [4.78, 5) is 4.42. The zero-order valence-corrected chi connectivity index (χ0v) is 18.5. The lowest BCUT2D eigenvalue weighted by Gasteiger charge is -2.21. The van der Waals surface area contributed by atoms with Gasteiger partial charge in [0.05, 0.1) is 24.2 Å². The fraction of sp³-hybridized carbons (Fsp3) is 0.500. The Morgan fingerprint density at radius 1 is 1.33 bits per heavy atom. The number of aryl methyl sites for hydroxylation is 1. The highest BCUT2D eigenvalue weighted by molar-refractivity contribution is 7.92. The molecule has 1 atom stereocenters. The van der Waals surface area contributed by atoms with Crippen molar-refractivity contribution in [2.75, 3.05) is 36.2 Å². The summed E-state index contributed by atoms with van der Waals surface area (Å²) in [7, 11) is -1.65. The summed E-state index contributed by atoms with van der Waals surface area (Å²) in [5, 5.41) is 20.9. The molecule has 1 aromatic carbocycles. The van der Waals surface area contributed by atoms with E-state index in [1.807, 2.05) is 31.2 Å². The van der Waals surface area contributed by atoms with E-state index in [2.05, 4.69) is 20.7 Å². The number of hydrogen-bond acceptors (Lipinski definition) is 5. The first kappa shape index (κ1) is 22.1. The third-order valence-electron chi connectivity index (χ3n) is 5.05. The number of anilines is 1. The van der Waals surface area contributed by atoms with Gasteiger partial charge in [0.15, 0.2) is 5.96 Å².